The molecule has 1 unspecified atom stereocenters. The standard InChI is InChI=1S/C15H23NO3/c1-11-8-16(15(2,3)10-19-11)9-12-5-6-14(18-4)13(17)7-12/h5-7,11,17H,8-10H2,1-4H3. The Morgan fingerprint density at radius 3 is 2.84 bits per heavy atom. The van der Waals surface area contributed by atoms with Gasteiger partial charge in [0.25, 0.3) is 0 Å². The molecule has 1 aliphatic rings. The van der Waals surface area contributed by atoms with Crippen LogP contribution in [0.5, 0.6) is 11.5 Å². The van der Waals surface area contributed by atoms with Gasteiger partial charge in [-0.2, -0.15) is 0 Å². The van der Waals surface area contributed by atoms with Crippen molar-refractivity contribution in [2.24, 2.45) is 0 Å². The number of rotatable bonds is 3. The maximum absolute atomic E-state index is 9.83. The molecule has 106 valence electrons. The Kier molecular flexibility index (Phi) is 4.02. The second-order valence-corrected chi connectivity index (χ2v) is 5.82. The van der Waals surface area contributed by atoms with Crippen LogP contribution >= 0.6 is 0 Å². The molecule has 1 aromatic rings. The number of hydrogen-bond acceptors (Lipinski definition) is 4. The molecular weight excluding hydrogens is 242 g/mol. The highest BCUT2D eigenvalue weighted by atomic mass is 16.5. The summed E-state index contributed by atoms with van der Waals surface area (Å²) in [7, 11) is 1.56. The lowest BCUT2D eigenvalue weighted by Crippen LogP contribution is -2.54. The minimum absolute atomic E-state index is 0.0159. The van der Waals surface area contributed by atoms with Gasteiger partial charge < -0.3 is 14.6 Å². The van der Waals surface area contributed by atoms with Gasteiger partial charge in [-0.05, 0) is 38.5 Å². The first kappa shape index (κ1) is 14.2. The Balaban J connectivity index is 2.13. The lowest BCUT2D eigenvalue weighted by atomic mass is 9.99. The fraction of sp³-hybridized carbons (Fsp3) is 0.600. The number of phenolic OH excluding ortho intramolecular Hbond substituents is 1. The van der Waals surface area contributed by atoms with Crippen LogP contribution in [0.4, 0.5) is 0 Å². The summed E-state index contributed by atoms with van der Waals surface area (Å²) in [5.74, 6) is 0.706. The van der Waals surface area contributed by atoms with Gasteiger partial charge in [-0.1, -0.05) is 6.07 Å². The highest BCUT2D eigenvalue weighted by molar-refractivity contribution is 5.41. The van der Waals surface area contributed by atoms with E-state index in [4.69, 9.17) is 9.47 Å². The van der Waals surface area contributed by atoms with Gasteiger partial charge in [0.1, 0.15) is 0 Å². The van der Waals surface area contributed by atoms with E-state index in [0.29, 0.717) is 5.75 Å². The first-order valence-electron chi connectivity index (χ1n) is 6.65. The van der Waals surface area contributed by atoms with Crippen molar-refractivity contribution < 1.29 is 14.6 Å². The zero-order chi connectivity index (χ0) is 14.0. The molecule has 4 nitrogen and oxygen atoms in total. The number of methoxy groups -OCH3 is 1. The van der Waals surface area contributed by atoms with Crippen LogP contribution in [0.3, 0.4) is 0 Å². The minimum Gasteiger partial charge on any atom is -0.504 e. The molecule has 1 aromatic carbocycles. The average molecular weight is 265 g/mol. The molecule has 19 heavy (non-hydrogen) atoms. The molecule has 1 atom stereocenters. The van der Waals surface area contributed by atoms with Crippen LogP contribution in [0.15, 0.2) is 18.2 Å². The average Bonchev–Trinajstić information content (AvgIpc) is 2.35. The van der Waals surface area contributed by atoms with Gasteiger partial charge in [0.15, 0.2) is 11.5 Å². The first-order chi connectivity index (χ1) is 8.92. The fourth-order valence-electron chi connectivity index (χ4n) is 2.38. The third kappa shape index (κ3) is 3.19. The highest BCUT2D eigenvalue weighted by Gasteiger charge is 2.33. The molecule has 0 spiro atoms. The molecule has 1 saturated heterocycles. The number of ether oxygens (including phenoxy) is 2. The zero-order valence-corrected chi connectivity index (χ0v) is 12.1. The van der Waals surface area contributed by atoms with Gasteiger partial charge in [-0.3, -0.25) is 4.90 Å². The van der Waals surface area contributed by atoms with E-state index in [2.05, 4.69) is 25.7 Å². The predicted molar refractivity (Wildman–Crippen MR) is 74.6 cm³/mol. The number of benzene rings is 1. The highest BCUT2D eigenvalue weighted by Crippen LogP contribution is 2.29. The van der Waals surface area contributed by atoms with Crippen LogP contribution < -0.4 is 4.74 Å². The molecule has 0 radical (unpaired) electrons. The number of hydrogen-bond donors (Lipinski definition) is 1. The number of nitrogens with zero attached hydrogens (tertiary/aromatic N) is 1. The Labute approximate surface area is 114 Å². The minimum atomic E-state index is 0.0159. The Morgan fingerprint density at radius 1 is 1.47 bits per heavy atom. The van der Waals surface area contributed by atoms with E-state index in [1.165, 1.54) is 0 Å². The quantitative estimate of drug-likeness (QED) is 0.911. The van der Waals surface area contributed by atoms with E-state index in [1.54, 1.807) is 13.2 Å². The summed E-state index contributed by atoms with van der Waals surface area (Å²) in [6.07, 6.45) is 0.250. The number of phenols is 1. The van der Waals surface area contributed by atoms with Crippen LogP contribution in [-0.2, 0) is 11.3 Å². The van der Waals surface area contributed by atoms with Gasteiger partial charge in [-0.15, -0.1) is 0 Å². The molecule has 0 saturated carbocycles. The third-order valence-electron chi connectivity index (χ3n) is 3.67. The van der Waals surface area contributed by atoms with E-state index in [9.17, 15) is 5.11 Å². The Morgan fingerprint density at radius 2 is 2.21 bits per heavy atom. The summed E-state index contributed by atoms with van der Waals surface area (Å²) in [5.41, 5.74) is 1.10. The van der Waals surface area contributed by atoms with Crippen molar-refractivity contribution in [1.82, 2.24) is 4.90 Å². The van der Waals surface area contributed by atoms with E-state index in [1.807, 2.05) is 12.1 Å². The summed E-state index contributed by atoms with van der Waals surface area (Å²) in [5, 5.41) is 9.83. The van der Waals surface area contributed by atoms with Crippen LogP contribution in [0.2, 0.25) is 0 Å². The summed E-state index contributed by atoms with van der Waals surface area (Å²) in [6.45, 7) is 8.90. The van der Waals surface area contributed by atoms with Crippen molar-refractivity contribution in [3.8, 4) is 11.5 Å². The van der Waals surface area contributed by atoms with E-state index in [-0.39, 0.29) is 17.4 Å². The van der Waals surface area contributed by atoms with Crippen LogP contribution in [-0.4, -0.2) is 41.9 Å². The summed E-state index contributed by atoms with van der Waals surface area (Å²) >= 11 is 0. The summed E-state index contributed by atoms with van der Waals surface area (Å²) in [4.78, 5) is 2.39. The molecular formula is C15H23NO3. The maximum atomic E-state index is 9.83. The lowest BCUT2D eigenvalue weighted by molar-refractivity contribution is -0.0949. The molecule has 2 rings (SSSR count). The Bertz CT molecular complexity index is 445. The van der Waals surface area contributed by atoms with Crippen molar-refractivity contribution in [3.05, 3.63) is 23.8 Å². The van der Waals surface area contributed by atoms with Crippen molar-refractivity contribution in [2.45, 2.75) is 39.0 Å². The van der Waals surface area contributed by atoms with Gasteiger partial charge in [0.05, 0.1) is 19.8 Å². The maximum Gasteiger partial charge on any atom is 0.160 e. The normalized spacial score (nSPS) is 23.3. The third-order valence-corrected chi connectivity index (χ3v) is 3.67. The SMILES string of the molecule is COc1ccc(CN2CC(C)OCC2(C)C)cc1O. The van der Waals surface area contributed by atoms with Crippen molar-refractivity contribution in [2.75, 3.05) is 20.3 Å². The van der Waals surface area contributed by atoms with Gasteiger partial charge >= 0.3 is 0 Å². The largest absolute Gasteiger partial charge is 0.504 e. The van der Waals surface area contributed by atoms with Crippen LogP contribution in [0.1, 0.15) is 26.3 Å². The molecule has 1 aliphatic heterocycles. The smallest absolute Gasteiger partial charge is 0.160 e. The second-order valence-electron chi connectivity index (χ2n) is 5.82. The van der Waals surface area contributed by atoms with Crippen LogP contribution in [0, 0.1) is 0 Å². The molecule has 1 heterocycles. The second kappa shape index (κ2) is 5.39. The lowest BCUT2D eigenvalue weighted by Gasteiger charge is -2.44. The monoisotopic (exact) mass is 265 g/mol. The van der Waals surface area contributed by atoms with E-state index in [0.717, 1.165) is 25.3 Å². The molecule has 0 aromatic heterocycles. The molecule has 1 fully saturated rings. The number of morpholine rings is 1. The van der Waals surface area contributed by atoms with Gasteiger partial charge in [-0.25, -0.2) is 0 Å². The predicted octanol–water partition coefficient (Wildman–Crippen LogP) is 2.40. The molecule has 0 aliphatic carbocycles. The topological polar surface area (TPSA) is 41.9 Å². The molecule has 0 amide bonds. The van der Waals surface area contributed by atoms with Gasteiger partial charge in [0, 0.05) is 18.6 Å². The zero-order valence-electron chi connectivity index (χ0n) is 12.1. The van der Waals surface area contributed by atoms with Gasteiger partial charge in [0.2, 0.25) is 0 Å². The van der Waals surface area contributed by atoms with E-state index < -0.39 is 0 Å². The fourth-order valence-corrected chi connectivity index (χ4v) is 2.38. The van der Waals surface area contributed by atoms with Crippen molar-refractivity contribution >= 4 is 0 Å². The summed E-state index contributed by atoms with van der Waals surface area (Å²) < 4.78 is 10.8. The summed E-state index contributed by atoms with van der Waals surface area (Å²) in [6, 6.07) is 5.57. The Hall–Kier alpha value is -1.26. The molecule has 4 heteroatoms. The van der Waals surface area contributed by atoms with Crippen molar-refractivity contribution in [3.63, 3.8) is 0 Å². The first-order valence-corrected chi connectivity index (χ1v) is 6.65. The molecule has 0 bridgehead atoms. The van der Waals surface area contributed by atoms with Crippen molar-refractivity contribution in [1.29, 1.82) is 0 Å². The molecule has 1 N–H and O–H groups in total. The van der Waals surface area contributed by atoms with Crippen LogP contribution in [0.25, 0.3) is 0 Å². The van der Waals surface area contributed by atoms with E-state index >= 15 is 0 Å². The number of aromatic hydroxyl groups is 1.